The summed E-state index contributed by atoms with van der Waals surface area (Å²) in [4.78, 5) is 23.2. The predicted molar refractivity (Wildman–Crippen MR) is 85.8 cm³/mol. The lowest BCUT2D eigenvalue weighted by atomic mass is 10.1. The van der Waals surface area contributed by atoms with Crippen LogP contribution in [0.4, 0.5) is 4.79 Å². The molecule has 0 saturated carbocycles. The van der Waals surface area contributed by atoms with Crippen molar-refractivity contribution in [1.82, 2.24) is 24.8 Å². The minimum absolute atomic E-state index is 0.0432. The fraction of sp³-hybridized carbons (Fsp3) is 0.562. The van der Waals surface area contributed by atoms with Gasteiger partial charge >= 0.3 is 6.03 Å². The Kier molecular flexibility index (Phi) is 4.27. The first-order chi connectivity index (χ1) is 10.7. The Labute approximate surface area is 130 Å². The molecule has 0 radical (unpaired) electrons. The molecule has 118 valence electrons. The number of nitrogens with zero attached hydrogens (tertiary/aromatic N) is 4. The molecule has 0 aliphatic carbocycles. The molecular formula is C16H23N5O. The van der Waals surface area contributed by atoms with Crippen LogP contribution < -0.4 is 5.32 Å². The highest BCUT2D eigenvalue weighted by Crippen LogP contribution is 2.28. The third kappa shape index (κ3) is 2.65. The molecule has 1 aliphatic rings. The zero-order valence-electron chi connectivity index (χ0n) is 13.2. The Morgan fingerprint density at radius 3 is 3.09 bits per heavy atom. The molecule has 6 nitrogen and oxygen atoms in total. The van der Waals surface area contributed by atoms with Crippen LogP contribution in [0.2, 0.25) is 0 Å². The SMILES string of the molecule is CCCNC(=O)N1CC[C@H](c2nc3cccnc3n2CC)C1. The number of fused-ring (bicyclic) bond motifs is 1. The average molecular weight is 301 g/mol. The lowest BCUT2D eigenvalue weighted by Crippen LogP contribution is -2.38. The zero-order chi connectivity index (χ0) is 15.5. The lowest BCUT2D eigenvalue weighted by molar-refractivity contribution is 0.208. The van der Waals surface area contributed by atoms with Gasteiger partial charge in [0.2, 0.25) is 0 Å². The van der Waals surface area contributed by atoms with Crippen molar-refractivity contribution in [3.63, 3.8) is 0 Å². The number of pyridine rings is 1. The van der Waals surface area contributed by atoms with Crippen LogP contribution in [0.25, 0.3) is 11.2 Å². The van der Waals surface area contributed by atoms with Crippen LogP contribution >= 0.6 is 0 Å². The smallest absolute Gasteiger partial charge is 0.317 e. The molecule has 22 heavy (non-hydrogen) atoms. The molecule has 0 spiro atoms. The van der Waals surface area contributed by atoms with Crippen molar-refractivity contribution >= 4 is 17.2 Å². The van der Waals surface area contributed by atoms with Gasteiger partial charge in [-0.15, -0.1) is 0 Å². The summed E-state index contributed by atoms with van der Waals surface area (Å²) in [5.74, 6) is 1.35. The Morgan fingerprint density at radius 1 is 1.45 bits per heavy atom. The molecular weight excluding hydrogens is 278 g/mol. The molecule has 1 N–H and O–H groups in total. The average Bonchev–Trinajstić information content (AvgIpc) is 3.16. The highest BCUT2D eigenvalue weighted by Gasteiger charge is 2.30. The van der Waals surface area contributed by atoms with Crippen LogP contribution in [-0.4, -0.2) is 45.1 Å². The van der Waals surface area contributed by atoms with E-state index < -0.39 is 0 Å². The number of urea groups is 1. The summed E-state index contributed by atoms with van der Waals surface area (Å²) in [6.07, 6.45) is 3.72. The standard InChI is InChI=1S/C16H23N5O/c1-3-8-18-16(22)20-10-7-12(11-20)14-19-13-6-5-9-17-15(13)21(14)4-2/h5-6,9,12H,3-4,7-8,10-11H2,1-2H3,(H,18,22)/t12-/m0/s1. The summed E-state index contributed by atoms with van der Waals surface area (Å²) in [5, 5.41) is 2.95. The van der Waals surface area contributed by atoms with Gasteiger partial charge in [0.25, 0.3) is 0 Å². The third-order valence-electron chi connectivity index (χ3n) is 4.22. The van der Waals surface area contributed by atoms with Crippen LogP contribution in [0, 0.1) is 0 Å². The molecule has 1 saturated heterocycles. The maximum absolute atomic E-state index is 12.1. The summed E-state index contributed by atoms with van der Waals surface area (Å²) >= 11 is 0. The van der Waals surface area contributed by atoms with E-state index >= 15 is 0 Å². The van der Waals surface area contributed by atoms with Crippen molar-refractivity contribution in [3.05, 3.63) is 24.2 Å². The monoisotopic (exact) mass is 301 g/mol. The summed E-state index contributed by atoms with van der Waals surface area (Å²) in [6.45, 7) is 7.28. The van der Waals surface area contributed by atoms with Crippen molar-refractivity contribution in [3.8, 4) is 0 Å². The van der Waals surface area contributed by atoms with E-state index in [0.717, 1.165) is 56.0 Å². The maximum atomic E-state index is 12.1. The number of carbonyl (C=O) groups is 1. The van der Waals surface area contributed by atoms with Gasteiger partial charge in [-0.3, -0.25) is 0 Å². The molecule has 6 heteroatoms. The van der Waals surface area contributed by atoms with E-state index in [9.17, 15) is 4.79 Å². The number of hydrogen-bond acceptors (Lipinski definition) is 3. The van der Waals surface area contributed by atoms with Gasteiger partial charge in [0, 0.05) is 38.3 Å². The van der Waals surface area contributed by atoms with E-state index in [1.807, 2.05) is 17.0 Å². The third-order valence-corrected chi connectivity index (χ3v) is 4.22. The molecule has 3 rings (SSSR count). The number of hydrogen-bond donors (Lipinski definition) is 1. The largest absolute Gasteiger partial charge is 0.338 e. The number of rotatable bonds is 4. The van der Waals surface area contributed by atoms with Crippen LogP contribution in [0.5, 0.6) is 0 Å². The van der Waals surface area contributed by atoms with Gasteiger partial charge in [0.05, 0.1) is 0 Å². The Balaban J connectivity index is 1.79. The van der Waals surface area contributed by atoms with E-state index in [4.69, 9.17) is 4.98 Å². The molecule has 0 aromatic carbocycles. The van der Waals surface area contributed by atoms with Gasteiger partial charge in [-0.2, -0.15) is 0 Å². The summed E-state index contributed by atoms with van der Waals surface area (Å²) in [6, 6.07) is 3.96. The molecule has 2 aromatic heterocycles. The van der Waals surface area contributed by atoms with Gasteiger partial charge in [0.15, 0.2) is 5.65 Å². The first kappa shape index (κ1) is 14.8. The van der Waals surface area contributed by atoms with Crippen LogP contribution in [0.3, 0.4) is 0 Å². The number of carbonyl (C=O) groups excluding carboxylic acids is 1. The van der Waals surface area contributed by atoms with Crippen molar-refractivity contribution in [1.29, 1.82) is 0 Å². The van der Waals surface area contributed by atoms with Crippen molar-refractivity contribution in [2.45, 2.75) is 39.2 Å². The van der Waals surface area contributed by atoms with Crippen LogP contribution in [-0.2, 0) is 6.54 Å². The second-order valence-corrected chi connectivity index (χ2v) is 5.72. The predicted octanol–water partition coefficient (Wildman–Crippen LogP) is 2.36. The van der Waals surface area contributed by atoms with E-state index in [-0.39, 0.29) is 6.03 Å². The molecule has 2 aromatic rings. The molecule has 2 amide bonds. The quantitative estimate of drug-likeness (QED) is 0.943. The highest BCUT2D eigenvalue weighted by atomic mass is 16.2. The van der Waals surface area contributed by atoms with E-state index in [1.165, 1.54) is 0 Å². The van der Waals surface area contributed by atoms with Gasteiger partial charge in [-0.1, -0.05) is 6.92 Å². The van der Waals surface area contributed by atoms with Crippen molar-refractivity contribution < 1.29 is 4.79 Å². The summed E-state index contributed by atoms with van der Waals surface area (Å²) in [7, 11) is 0. The maximum Gasteiger partial charge on any atom is 0.317 e. The van der Waals surface area contributed by atoms with Crippen molar-refractivity contribution in [2.24, 2.45) is 0 Å². The fourth-order valence-electron chi connectivity index (χ4n) is 3.10. The highest BCUT2D eigenvalue weighted by molar-refractivity contribution is 5.75. The van der Waals surface area contributed by atoms with E-state index in [1.54, 1.807) is 6.20 Å². The molecule has 3 heterocycles. The number of aryl methyl sites for hydroxylation is 1. The summed E-state index contributed by atoms with van der Waals surface area (Å²) < 4.78 is 2.17. The first-order valence-corrected chi connectivity index (χ1v) is 8.08. The first-order valence-electron chi connectivity index (χ1n) is 8.08. The Bertz CT molecular complexity index is 666. The molecule has 0 bridgehead atoms. The van der Waals surface area contributed by atoms with Gasteiger partial charge < -0.3 is 14.8 Å². The minimum Gasteiger partial charge on any atom is -0.338 e. The van der Waals surface area contributed by atoms with Gasteiger partial charge in [0.1, 0.15) is 11.3 Å². The number of imidazole rings is 1. The zero-order valence-corrected chi connectivity index (χ0v) is 13.2. The lowest BCUT2D eigenvalue weighted by Gasteiger charge is -2.17. The second kappa shape index (κ2) is 6.34. The van der Waals surface area contributed by atoms with Crippen molar-refractivity contribution in [2.75, 3.05) is 19.6 Å². The van der Waals surface area contributed by atoms with Crippen LogP contribution in [0.1, 0.15) is 38.4 Å². The van der Waals surface area contributed by atoms with E-state index in [2.05, 4.69) is 28.7 Å². The second-order valence-electron chi connectivity index (χ2n) is 5.72. The molecule has 1 fully saturated rings. The van der Waals surface area contributed by atoms with Crippen LogP contribution in [0.15, 0.2) is 18.3 Å². The number of likely N-dealkylation sites (tertiary alicyclic amines) is 1. The Hall–Kier alpha value is -2.11. The van der Waals surface area contributed by atoms with E-state index in [0.29, 0.717) is 5.92 Å². The number of amides is 2. The fourth-order valence-corrected chi connectivity index (χ4v) is 3.10. The molecule has 1 atom stereocenters. The Morgan fingerprint density at radius 2 is 2.32 bits per heavy atom. The summed E-state index contributed by atoms with van der Waals surface area (Å²) in [5.41, 5.74) is 1.88. The number of aromatic nitrogens is 3. The van der Waals surface area contributed by atoms with Gasteiger partial charge in [-0.25, -0.2) is 14.8 Å². The molecule has 0 unspecified atom stereocenters. The normalized spacial score (nSPS) is 18.1. The molecule has 1 aliphatic heterocycles. The topological polar surface area (TPSA) is 63.1 Å². The number of nitrogens with one attached hydrogen (secondary N) is 1. The van der Waals surface area contributed by atoms with Gasteiger partial charge in [-0.05, 0) is 31.9 Å². The minimum atomic E-state index is 0.0432.